The molecule has 2 aliphatic carbocycles. The lowest BCUT2D eigenvalue weighted by molar-refractivity contribution is 0.845. The molecule has 1 fully saturated rings. The van der Waals surface area contributed by atoms with Crippen molar-refractivity contribution in [3.8, 4) is 11.1 Å². The van der Waals surface area contributed by atoms with Gasteiger partial charge in [0, 0.05) is 5.54 Å². The lowest BCUT2D eigenvalue weighted by Crippen LogP contribution is -2.50. The van der Waals surface area contributed by atoms with Crippen LogP contribution in [0, 0.1) is 0 Å². The van der Waals surface area contributed by atoms with Crippen LogP contribution >= 0.6 is 0 Å². The predicted octanol–water partition coefficient (Wildman–Crippen LogP) is 6.71. The van der Waals surface area contributed by atoms with Crippen LogP contribution in [0.15, 0.2) is 59.8 Å². The first kappa shape index (κ1) is 20.5. The van der Waals surface area contributed by atoms with Gasteiger partial charge < -0.3 is 0 Å². The molecule has 0 bridgehead atoms. The van der Waals surface area contributed by atoms with Crippen molar-refractivity contribution in [1.82, 2.24) is 0 Å². The van der Waals surface area contributed by atoms with Gasteiger partial charge in [0.05, 0.1) is 24.2 Å². The molecule has 1 heterocycles. The second kappa shape index (κ2) is 6.78. The summed E-state index contributed by atoms with van der Waals surface area (Å²) >= 11 is 0. The van der Waals surface area contributed by atoms with Crippen LogP contribution in [-0.4, -0.2) is 24.2 Å². The van der Waals surface area contributed by atoms with Crippen molar-refractivity contribution >= 4 is 34.6 Å². The van der Waals surface area contributed by atoms with Gasteiger partial charge in [0.2, 0.25) is 0 Å². The third kappa shape index (κ3) is 3.04. The molecule has 5 rings (SSSR count). The normalized spacial score (nSPS) is 20.0. The van der Waals surface area contributed by atoms with Crippen LogP contribution in [0.1, 0.15) is 29.5 Å². The summed E-state index contributed by atoms with van der Waals surface area (Å²) < 4.78 is 0. The average Bonchev–Trinajstić information content (AvgIpc) is 3.26. The van der Waals surface area contributed by atoms with Crippen LogP contribution in [0.3, 0.4) is 0 Å². The van der Waals surface area contributed by atoms with Crippen molar-refractivity contribution in [2.45, 2.75) is 69.8 Å². The molecule has 1 saturated heterocycles. The number of hydrogen-bond acceptors (Lipinski definition) is 0. The predicted molar refractivity (Wildman–Crippen MR) is 142 cm³/mol. The molecule has 0 radical (unpaired) electrons. The van der Waals surface area contributed by atoms with Gasteiger partial charge in [-0.25, -0.2) is 0 Å². The minimum atomic E-state index is -1.51. The highest BCUT2D eigenvalue weighted by molar-refractivity contribution is 6.91. The van der Waals surface area contributed by atoms with E-state index in [4.69, 9.17) is 0 Å². The Morgan fingerprint density at radius 3 is 1.67 bits per heavy atom. The van der Waals surface area contributed by atoms with Crippen LogP contribution in [0.5, 0.6) is 0 Å². The molecule has 2 aromatic rings. The minimum absolute atomic E-state index is 0.676. The van der Waals surface area contributed by atoms with Gasteiger partial charge in [-0.1, -0.05) is 128 Å². The molecule has 2 aromatic carbocycles. The van der Waals surface area contributed by atoms with Gasteiger partial charge in [-0.15, -0.1) is 0 Å². The quantitative estimate of drug-likeness (QED) is 0.460. The van der Waals surface area contributed by atoms with E-state index in [9.17, 15) is 0 Å². The van der Waals surface area contributed by atoms with Crippen molar-refractivity contribution in [2.24, 2.45) is 0 Å². The molecule has 0 atom stereocenters. The zero-order valence-electron chi connectivity index (χ0n) is 19.6. The van der Waals surface area contributed by atoms with E-state index < -0.39 is 24.2 Å². The Kier molecular flexibility index (Phi) is 4.63. The number of rotatable bonds is 4. The van der Waals surface area contributed by atoms with Crippen LogP contribution in [0.2, 0.25) is 51.4 Å². The molecule has 30 heavy (non-hydrogen) atoms. The summed E-state index contributed by atoms with van der Waals surface area (Å²) in [5, 5.41) is 5.09. The van der Waals surface area contributed by atoms with Gasteiger partial charge in [-0.05, 0) is 28.7 Å². The number of hydrogen-bond donors (Lipinski definition) is 0. The lowest BCUT2D eigenvalue weighted by atomic mass is 10.1. The summed E-state index contributed by atoms with van der Waals surface area (Å²) in [4.78, 5) is 0. The zero-order valence-corrected chi connectivity index (χ0v) is 22.6. The second-order valence-electron chi connectivity index (χ2n) is 11.9. The minimum Gasteiger partial charge on any atom is -0.0809 e. The first-order valence-electron chi connectivity index (χ1n) is 11.8. The number of fused-ring (bicyclic) bond motifs is 3. The van der Waals surface area contributed by atoms with E-state index in [2.05, 4.69) is 93.9 Å². The average molecular weight is 445 g/mol. The van der Waals surface area contributed by atoms with Gasteiger partial charge in [-0.2, -0.15) is 0 Å². The Balaban J connectivity index is 1.75. The Labute approximate surface area is 186 Å². The van der Waals surface area contributed by atoms with Gasteiger partial charge in [0.1, 0.15) is 0 Å². The zero-order chi connectivity index (χ0) is 21.3. The molecule has 156 valence electrons. The number of allylic oxidation sites excluding steroid dienone is 4. The van der Waals surface area contributed by atoms with Crippen molar-refractivity contribution < 1.29 is 0 Å². The molecular formula is C27H36Si3. The lowest BCUT2D eigenvalue weighted by Gasteiger charge is -2.47. The fraction of sp³-hybridized carbons (Fsp3) is 0.407. The van der Waals surface area contributed by atoms with Crippen molar-refractivity contribution in [1.29, 1.82) is 0 Å². The van der Waals surface area contributed by atoms with E-state index in [0.29, 0.717) is 5.54 Å². The largest absolute Gasteiger partial charge is 0.0940 e. The van der Waals surface area contributed by atoms with E-state index in [-0.39, 0.29) is 0 Å². The number of benzene rings is 2. The molecule has 0 spiro atoms. The maximum absolute atomic E-state index is 2.66. The summed E-state index contributed by atoms with van der Waals surface area (Å²) in [7, 11) is -4.19. The van der Waals surface area contributed by atoms with E-state index in [1.165, 1.54) is 24.9 Å². The highest BCUT2D eigenvalue weighted by Crippen LogP contribution is 2.57. The third-order valence-corrected chi connectivity index (χ3v) is 17.9. The summed E-state index contributed by atoms with van der Waals surface area (Å²) in [6.07, 6.45) is 9.89. The topological polar surface area (TPSA) is 0 Å². The molecule has 1 aliphatic heterocycles. The summed E-state index contributed by atoms with van der Waals surface area (Å²) in [6, 6.07) is 18.2. The maximum Gasteiger partial charge on any atom is 0.0940 e. The van der Waals surface area contributed by atoms with E-state index in [0.717, 1.165) is 0 Å². The first-order chi connectivity index (χ1) is 14.1. The van der Waals surface area contributed by atoms with E-state index in [1.807, 2.05) is 5.20 Å². The molecule has 3 aliphatic rings. The summed E-state index contributed by atoms with van der Waals surface area (Å²) in [6.45, 7) is 15.0. The summed E-state index contributed by atoms with van der Waals surface area (Å²) in [5.74, 6) is 0. The van der Waals surface area contributed by atoms with Crippen molar-refractivity contribution in [2.75, 3.05) is 0 Å². The van der Waals surface area contributed by atoms with Crippen molar-refractivity contribution in [3.05, 3.63) is 70.9 Å². The van der Waals surface area contributed by atoms with Crippen LogP contribution < -0.4 is 10.4 Å². The Morgan fingerprint density at radius 2 is 1.30 bits per heavy atom. The van der Waals surface area contributed by atoms with Gasteiger partial charge in [0.15, 0.2) is 0 Å². The Bertz CT molecular complexity index is 1010. The third-order valence-electron chi connectivity index (χ3n) is 7.96. The highest BCUT2D eigenvalue weighted by Gasteiger charge is 2.53. The maximum atomic E-state index is 2.66. The first-order valence-corrected chi connectivity index (χ1v) is 21.3. The molecule has 3 heteroatoms. The van der Waals surface area contributed by atoms with Gasteiger partial charge in [0.25, 0.3) is 0 Å². The molecule has 0 unspecified atom stereocenters. The van der Waals surface area contributed by atoms with Crippen LogP contribution in [-0.2, 0) is 0 Å². The molecule has 0 aromatic heterocycles. The highest BCUT2D eigenvalue weighted by atomic mass is 28.3. The van der Waals surface area contributed by atoms with Crippen molar-refractivity contribution in [3.63, 3.8) is 0 Å². The molecule has 0 N–H and O–H groups in total. The molecule has 0 saturated carbocycles. The fourth-order valence-electron chi connectivity index (χ4n) is 5.96. The summed E-state index contributed by atoms with van der Waals surface area (Å²) in [5.41, 5.74) is 7.15. The smallest absolute Gasteiger partial charge is 0.0809 e. The van der Waals surface area contributed by atoms with E-state index >= 15 is 0 Å². The van der Waals surface area contributed by atoms with Crippen LogP contribution in [0.25, 0.3) is 11.1 Å². The van der Waals surface area contributed by atoms with Gasteiger partial charge in [-0.3, -0.25) is 0 Å². The molecule has 0 amide bonds. The Morgan fingerprint density at radius 1 is 0.767 bits per heavy atom. The molecule has 0 nitrogen and oxygen atoms in total. The second-order valence-corrected chi connectivity index (χ2v) is 26.6. The standard InChI is InChI=1S/C27H36Si3/c1-28(2,3)21-12-14-23-24-15-13-22(29(4,5)6)19-26(24)27(25(23)18-21)30(16-9-17-30)20-10-7-8-11-20/h7-8,10,12-15,18-19,27H,9,11,16-17H2,1-6H3. The SMILES string of the molecule is C[Si](C)(C)c1ccc2c(c1)C([Si]1(C3=CC=CC3)CCC1)c1cc([Si](C)(C)C)ccc1-2. The van der Waals surface area contributed by atoms with Crippen LogP contribution in [0.4, 0.5) is 0 Å². The Hall–Kier alpha value is -1.43. The molecular weight excluding hydrogens is 409 g/mol. The monoisotopic (exact) mass is 444 g/mol. The van der Waals surface area contributed by atoms with Gasteiger partial charge >= 0.3 is 0 Å². The fourth-order valence-corrected chi connectivity index (χ4v) is 13.6. The van der Waals surface area contributed by atoms with E-state index in [1.54, 1.807) is 32.6 Å².